The standard InChI is InChI=1S/C17H21N3O2S/c1-11(2)20(12(3)13-6-8-23-10-13)17(22)14-9-15-16(21)5-4-7-19(15)18-14/h6,8-12H,4-5,7H2,1-3H3. The van der Waals surface area contributed by atoms with E-state index in [1.165, 1.54) is 0 Å². The van der Waals surface area contributed by atoms with Crippen LogP contribution in [0.15, 0.2) is 22.9 Å². The zero-order chi connectivity index (χ0) is 16.6. The Morgan fingerprint density at radius 3 is 2.78 bits per heavy atom. The Morgan fingerprint density at radius 2 is 2.17 bits per heavy atom. The maximum absolute atomic E-state index is 13.0. The summed E-state index contributed by atoms with van der Waals surface area (Å²) in [5, 5.41) is 8.46. The Balaban J connectivity index is 1.91. The molecule has 0 spiro atoms. The second kappa shape index (κ2) is 6.28. The minimum Gasteiger partial charge on any atom is -0.328 e. The van der Waals surface area contributed by atoms with Crippen LogP contribution in [0.4, 0.5) is 0 Å². The Kier molecular flexibility index (Phi) is 4.35. The van der Waals surface area contributed by atoms with Gasteiger partial charge in [0.05, 0.1) is 6.04 Å². The van der Waals surface area contributed by atoms with Gasteiger partial charge in [-0.1, -0.05) is 0 Å². The molecule has 0 N–H and O–H groups in total. The van der Waals surface area contributed by atoms with E-state index in [-0.39, 0.29) is 23.8 Å². The van der Waals surface area contributed by atoms with Gasteiger partial charge in [-0.2, -0.15) is 16.4 Å². The minimum atomic E-state index is -0.117. The van der Waals surface area contributed by atoms with Crippen molar-refractivity contribution in [3.8, 4) is 0 Å². The second-order valence-electron chi connectivity index (χ2n) is 6.20. The monoisotopic (exact) mass is 331 g/mol. The molecule has 122 valence electrons. The van der Waals surface area contributed by atoms with E-state index in [1.54, 1.807) is 22.1 Å². The van der Waals surface area contributed by atoms with E-state index in [2.05, 4.69) is 10.5 Å². The third-order valence-corrected chi connectivity index (χ3v) is 4.99. The van der Waals surface area contributed by atoms with Crippen molar-refractivity contribution in [3.05, 3.63) is 39.8 Å². The summed E-state index contributed by atoms with van der Waals surface area (Å²) in [6.45, 7) is 6.74. The van der Waals surface area contributed by atoms with Crippen molar-refractivity contribution in [1.29, 1.82) is 0 Å². The van der Waals surface area contributed by atoms with Crippen molar-refractivity contribution in [1.82, 2.24) is 14.7 Å². The largest absolute Gasteiger partial charge is 0.328 e. The molecule has 0 aromatic carbocycles. The van der Waals surface area contributed by atoms with E-state index in [4.69, 9.17) is 0 Å². The number of rotatable bonds is 4. The predicted molar refractivity (Wildman–Crippen MR) is 89.8 cm³/mol. The number of aryl methyl sites for hydroxylation is 1. The van der Waals surface area contributed by atoms with Crippen LogP contribution >= 0.6 is 11.3 Å². The lowest BCUT2D eigenvalue weighted by Gasteiger charge is -2.32. The van der Waals surface area contributed by atoms with Gasteiger partial charge in [-0.25, -0.2) is 0 Å². The zero-order valence-electron chi connectivity index (χ0n) is 13.7. The van der Waals surface area contributed by atoms with E-state index >= 15 is 0 Å². The number of ketones is 1. The van der Waals surface area contributed by atoms with Gasteiger partial charge in [0, 0.05) is 25.1 Å². The summed E-state index contributed by atoms with van der Waals surface area (Å²) in [4.78, 5) is 26.8. The third-order valence-electron chi connectivity index (χ3n) is 4.29. The van der Waals surface area contributed by atoms with Gasteiger partial charge in [-0.15, -0.1) is 0 Å². The normalized spacial score (nSPS) is 15.6. The molecule has 1 atom stereocenters. The van der Waals surface area contributed by atoms with Crippen LogP contribution in [0.25, 0.3) is 0 Å². The van der Waals surface area contributed by atoms with Gasteiger partial charge in [0.15, 0.2) is 11.5 Å². The molecule has 0 bridgehead atoms. The molecule has 0 radical (unpaired) electrons. The third kappa shape index (κ3) is 2.95. The zero-order valence-corrected chi connectivity index (χ0v) is 14.5. The molecule has 5 nitrogen and oxygen atoms in total. The molecule has 2 aromatic rings. The van der Waals surface area contributed by atoms with Crippen molar-refractivity contribution < 1.29 is 9.59 Å². The molecule has 0 fully saturated rings. The Hall–Kier alpha value is -1.95. The number of carbonyl (C=O) groups is 2. The van der Waals surface area contributed by atoms with Crippen LogP contribution < -0.4 is 0 Å². The SMILES string of the molecule is CC(C)N(C(=O)c1cc2n(n1)CCCC2=O)C(C)c1ccsc1. The number of hydrogen-bond donors (Lipinski definition) is 0. The molecule has 23 heavy (non-hydrogen) atoms. The molecular formula is C17H21N3O2S. The summed E-state index contributed by atoms with van der Waals surface area (Å²) in [6, 6.07) is 3.72. The first-order chi connectivity index (χ1) is 11.0. The highest BCUT2D eigenvalue weighted by atomic mass is 32.1. The lowest BCUT2D eigenvalue weighted by atomic mass is 10.1. The van der Waals surface area contributed by atoms with Gasteiger partial charge in [-0.05, 0) is 49.6 Å². The quantitative estimate of drug-likeness (QED) is 0.861. The first-order valence-corrected chi connectivity index (χ1v) is 8.89. The van der Waals surface area contributed by atoms with Crippen molar-refractivity contribution in [2.24, 2.45) is 0 Å². The fourth-order valence-electron chi connectivity index (χ4n) is 3.10. The number of amides is 1. The van der Waals surface area contributed by atoms with E-state index in [9.17, 15) is 9.59 Å². The first kappa shape index (κ1) is 15.9. The summed E-state index contributed by atoms with van der Waals surface area (Å²) < 4.78 is 1.67. The number of Topliss-reactive ketones (excluding diaryl/α,β-unsaturated/α-hetero) is 1. The summed E-state index contributed by atoms with van der Waals surface area (Å²) in [5.74, 6) is -0.0434. The molecule has 1 aliphatic rings. The molecular weight excluding hydrogens is 310 g/mol. The van der Waals surface area contributed by atoms with Crippen LogP contribution in [0, 0.1) is 0 Å². The molecule has 6 heteroatoms. The molecule has 3 rings (SSSR count). The highest BCUT2D eigenvalue weighted by Gasteiger charge is 2.29. The Labute approximate surface area is 139 Å². The number of fused-ring (bicyclic) bond motifs is 1. The topological polar surface area (TPSA) is 55.2 Å². The summed E-state index contributed by atoms with van der Waals surface area (Å²) in [5.41, 5.74) is 2.05. The van der Waals surface area contributed by atoms with E-state index in [0.29, 0.717) is 24.4 Å². The maximum atomic E-state index is 13.0. The van der Waals surface area contributed by atoms with E-state index < -0.39 is 0 Å². The number of carbonyl (C=O) groups excluding carboxylic acids is 2. The van der Waals surface area contributed by atoms with Crippen LogP contribution in [-0.4, -0.2) is 32.4 Å². The minimum absolute atomic E-state index is 0.0248. The average molecular weight is 331 g/mol. The summed E-state index contributed by atoms with van der Waals surface area (Å²) in [6.07, 6.45) is 1.33. The number of hydrogen-bond acceptors (Lipinski definition) is 4. The van der Waals surface area contributed by atoms with Crippen LogP contribution in [0.1, 0.15) is 66.2 Å². The Bertz CT molecular complexity index is 718. The van der Waals surface area contributed by atoms with Crippen molar-refractivity contribution in [2.45, 2.75) is 52.2 Å². The Morgan fingerprint density at radius 1 is 1.39 bits per heavy atom. The van der Waals surface area contributed by atoms with Crippen LogP contribution in [0.2, 0.25) is 0 Å². The average Bonchev–Trinajstić information content (AvgIpc) is 3.17. The van der Waals surface area contributed by atoms with Gasteiger partial charge < -0.3 is 4.90 Å². The molecule has 0 saturated carbocycles. The second-order valence-corrected chi connectivity index (χ2v) is 6.98. The molecule has 1 unspecified atom stereocenters. The number of aromatic nitrogens is 2. The van der Waals surface area contributed by atoms with Crippen molar-refractivity contribution in [2.75, 3.05) is 0 Å². The van der Waals surface area contributed by atoms with Crippen LogP contribution in [0.5, 0.6) is 0 Å². The van der Waals surface area contributed by atoms with Gasteiger partial charge in [-0.3, -0.25) is 14.3 Å². The fourth-order valence-corrected chi connectivity index (χ4v) is 3.84. The highest BCUT2D eigenvalue weighted by molar-refractivity contribution is 7.07. The fraction of sp³-hybridized carbons (Fsp3) is 0.471. The summed E-state index contributed by atoms with van der Waals surface area (Å²) in [7, 11) is 0. The van der Waals surface area contributed by atoms with Crippen molar-refractivity contribution in [3.63, 3.8) is 0 Å². The predicted octanol–water partition coefficient (Wildman–Crippen LogP) is 3.53. The summed E-state index contributed by atoms with van der Waals surface area (Å²) >= 11 is 1.62. The van der Waals surface area contributed by atoms with Gasteiger partial charge in [0.1, 0.15) is 5.69 Å². The van der Waals surface area contributed by atoms with Crippen molar-refractivity contribution >= 4 is 23.0 Å². The lowest BCUT2D eigenvalue weighted by molar-refractivity contribution is 0.0617. The molecule has 0 aliphatic carbocycles. The number of nitrogens with zero attached hydrogens (tertiary/aromatic N) is 3. The molecule has 3 heterocycles. The highest BCUT2D eigenvalue weighted by Crippen LogP contribution is 2.27. The maximum Gasteiger partial charge on any atom is 0.275 e. The molecule has 2 aromatic heterocycles. The van der Waals surface area contributed by atoms with E-state index in [1.807, 2.05) is 37.1 Å². The smallest absolute Gasteiger partial charge is 0.275 e. The molecule has 1 amide bonds. The lowest BCUT2D eigenvalue weighted by Crippen LogP contribution is -2.39. The van der Waals surface area contributed by atoms with Crippen LogP contribution in [-0.2, 0) is 6.54 Å². The van der Waals surface area contributed by atoms with Gasteiger partial charge in [0.2, 0.25) is 0 Å². The van der Waals surface area contributed by atoms with Gasteiger partial charge >= 0.3 is 0 Å². The first-order valence-electron chi connectivity index (χ1n) is 7.95. The van der Waals surface area contributed by atoms with Gasteiger partial charge in [0.25, 0.3) is 5.91 Å². The molecule has 0 saturated heterocycles. The number of thiophene rings is 1. The van der Waals surface area contributed by atoms with Crippen LogP contribution in [0.3, 0.4) is 0 Å². The molecule has 1 aliphatic heterocycles. The van der Waals surface area contributed by atoms with E-state index in [0.717, 1.165) is 12.0 Å².